The number of nitrogens with one attached hydrogen (secondary N) is 1. The number of fused-ring (bicyclic) bond motifs is 1. The lowest BCUT2D eigenvalue weighted by Crippen LogP contribution is -2.09. The van der Waals surface area contributed by atoms with E-state index in [4.69, 9.17) is 4.74 Å². The molecule has 1 atom stereocenters. The summed E-state index contributed by atoms with van der Waals surface area (Å²) in [5, 5.41) is 3.27. The third-order valence-electron chi connectivity index (χ3n) is 3.81. The standard InChI is InChI=1S/C18H18F3NOS/c1-11-3-5-13(6-4-11)9-23-10-14-7-15(18(19,20)21)8-16-17(14)22-12(2)24-16/h3-8,12,22H,9-10H2,1-2H3. The van der Waals surface area contributed by atoms with Gasteiger partial charge in [-0.15, -0.1) is 0 Å². The molecule has 1 N–H and O–H groups in total. The van der Waals surface area contributed by atoms with Gasteiger partial charge in [0.25, 0.3) is 0 Å². The average molecular weight is 353 g/mol. The Morgan fingerprint density at radius 3 is 2.50 bits per heavy atom. The molecule has 1 unspecified atom stereocenters. The molecule has 0 amide bonds. The minimum Gasteiger partial charge on any atom is -0.372 e. The van der Waals surface area contributed by atoms with E-state index in [1.807, 2.05) is 38.1 Å². The van der Waals surface area contributed by atoms with Gasteiger partial charge in [0, 0.05) is 10.5 Å². The molecule has 0 saturated carbocycles. The Hall–Kier alpha value is -1.66. The summed E-state index contributed by atoms with van der Waals surface area (Å²) >= 11 is 1.40. The molecule has 0 saturated heterocycles. The lowest BCUT2D eigenvalue weighted by atomic mass is 10.1. The molecule has 24 heavy (non-hydrogen) atoms. The highest BCUT2D eigenvalue weighted by Gasteiger charge is 2.34. The average Bonchev–Trinajstić information content (AvgIpc) is 2.88. The van der Waals surface area contributed by atoms with Crippen LogP contribution < -0.4 is 5.32 Å². The van der Waals surface area contributed by atoms with E-state index in [1.165, 1.54) is 23.9 Å². The van der Waals surface area contributed by atoms with Crippen LogP contribution in [0.15, 0.2) is 41.3 Å². The highest BCUT2D eigenvalue weighted by Crippen LogP contribution is 2.44. The first-order chi connectivity index (χ1) is 11.3. The molecule has 0 aliphatic carbocycles. The summed E-state index contributed by atoms with van der Waals surface area (Å²) in [6.07, 6.45) is -4.35. The predicted molar refractivity (Wildman–Crippen MR) is 90.1 cm³/mol. The number of hydrogen-bond acceptors (Lipinski definition) is 3. The molecule has 3 rings (SSSR count). The van der Waals surface area contributed by atoms with Crippen molar-refractivity contribution in [2.45, 2.75) is 43.5 Å². The molecule has 1 aliphatic heterocycles. The zero-order valence-electron chi connectivity index (χ0n) is 13.4. The monoisotopic (exact) mass is 353 g/mol. The van der Waals surface area contributed by atoms with Crippen molar-refractivity contribution in [3.05, 3.63) is 58.7 Å². The second kappa shape index (κ2) is 6.69. The van der Waals surface area contributed by atoms with Crippen LogP contribution in [0, 0.1) is 6.92 Å². The van der Waals surface area contributed by atoms with Gasteiger partial charge in [0.1, 0.15) is 0 Å². The zero-order valence-corrected chi connectivity index (χ0v) is 14.2. The molecular weight excluding hydrogens is 335 g/mol. The van der Waals surface area contributed by atoms with Gasteiger partial charge in [-0.05, 0) is 31.5 Å². The van der Waals surface area contributed by atoms with Crippen LogP contribution in [-0.2, 0) is 24.1 Å². The second-order valence-electron chi connectivity index (χ2n) is 5.89. The minimum absolute atomic E-state index is 0.0549. The maximum absolute atomic E-state index is 13.1. The normalized spacial score (nSPS) is 16.8. The number of rotatable bonds is 4. The SMILES string of the molecule is Cc1ccc(COCc2cc(C(F)(F)F)cc3c2NC(C)S3)cc1. The van der Waals surface area contributed by atoms with E-state index in [2.05, 4.69) is 5.32 Å². The molecule has 0 fully saturated rings. The molecule has 0 bridgehead atoms. The molecule has 0 spiro atoms. The minimum atomic E-state index is -4.35. The second-order valence-corrected chi connectivity index (χ2v) is 7.27. The van der Waals surface area contributed by atoms with E-state index in [0.717, 1.165) is 16.8 Å². The van der Waals surface area contributed by atoms with Gasteiger partial charge >= 0.3 is 6.18 Å². The third-order valence-corrected chi connectivity index (χ3v) is 4.86. The smallest absolute Gasteiger partial charge is 0.372 e. The van der Waals surface area contributed by atoms with Crippen LogP contribution in [-0.4, -0.2) is 5.37 Å². The molecule has 1 heterocycles. The number of anilines is 1. The van der Waals surface area contributed by atoms with E-state index < -0.39 is 11.7 Å². The van der Waals surface area contributed by atoms with Crippen molar-refractivity contribution in [3.63, 3.8) is 0 Å². The van der Waals surface area contributed by atoms with Crippen LogP contribution in [0.5, 0.6) is 0 Å². The molecule has 128 valence electrons. The zero-order chi connectivity index (χ0) is 17.3. The highest BCUT2D eigenvalue weighted by atomic mass is 32.2. The lowest BCUT2D eigenvalue weighted by Gasteiger charge is -2.14. The summed E-state index contributed by atoms with van der Waals surface area (Å²) in [6, 6.07) is 10.3. The van der Waals surface area contributed by atoms with E-state index in [0.29, 0.717) is 17.1 Å². The van der Waals surface area contributed by atoms with Crippen LogP contribution in [0.4, 0.5) is 18.9 Å². The highest BCUT2D eigenvalue weighted by molar-refractivity contribution is 8.00. The van der Waals surface area contributed by atoms with Crippen molar-refractivity contribution in [2.75, 3.05) is 5.32 Å². The van der Waals surface area contributed by atoms with E-state index in [1.54, 1.807) is 0 Å². The van der Waals surface area contributed by atoms with E-state index in [9.17, 15) is 13.2 Å². The van der Waals surface area contributed by atoms with Gasteiger partial charge in [-0.3, -0.25) is 0 Å². The van der Waals surface area contributed by atoms with E-state index >= 15 is 0 Å². The molecule has 2 aromatic carbocycles. The molecule has 2 aromatic rings. The number of ether oxygens (including phenoxy) is 1. The summed E-state index contributed by atoms with van der Waals surface area (Å²) < 4.78 is 44.9. The van der Waals surface area contributed by atoms with Gasteiger partial charge in [0.05, 0.1) is 29.8 Å². The van der Waals surface area contributed by atoms with Crippen molar-refractivity contribution < 1.29 is 17.9 Å². The van der Waals surface area contributed by atoms with Crippen molar-refractivity contribution in [2.24, 2.45) is 0 Å². The fourth-order valence-electron chi connectivity index (χ4n) is 2.59. The van der Waals surface area contributed by atoms with Gasteiger partial charge in [-0.25, -0.2) is 0 Å². The molecule has 1 aliphatic rings. The number of thioether (sulfide) groups is 1. The summed E-state index contributed by atoms with van der Waals surface area (Å²) in [7, 11) is 0. The number of halogens is 3. The van der Waals surface area contributed by atoms with Gasteiger partial charge in [0.2, 0.25) is 0 Å². The Morgan fingerprint density at radius 2 is 1.83 bits per heavy atom. The Labute approximate surface area is 143 Å². The first-order valence-corrected chi connectivity index (χ1v) is 8.51. The summed E-state index contributed by atoms with van der Waals surface area (Å²) in [4.78, 5) is 0.631. The fourth-order valence-corrected chi connectivity index (χ4v) is 3.65. The van der Waals surface area contributed by atoms with Crippen LogP contribution >= 0.6 is 11.8 Å². The summed E-state index contributed by atoms with van der Waals surface area (Å²) in [5.41, 5.74) is 2.83. The number of benzene rings is 2. The maximum Gasteiger partial charge on any atom is 0.416 e. The topological polar surface area (TPSA) is 21.3 Å². The number of aryl methyl sites for hydroxylation is 1. The van der Waals surface area contributed by atoms with Crippen molar-refractivity contribution in [1.82, 2.24) is 0 Å². The Kier molecular flexibility index (Phi) is 4.78. The van der Waals surface area contributed by atoms with Crippen LogP contribution in [0.1, 0.15) is 29.2 Å². The first-order valence-electron chi connectivity index (χ1n) is 7.63. The molecule has 0 aromatic heterocycles. The Bertz CT molecular complexity index is 728. The van der Waals surface area contributed by atoms with Crippen LogP contribution in [0.25, 0.3) is 0 Å². The number of hydrogen-bond donors (Lipinski definition) is 1. The largest absolute Gasteiger partial charge is 0.416 e. The first kappa shape index (κ1) is 17.2. The summed E-state index contributed by atoms with van der Waals surface area (Å²) in [5.74, 6) is 0. The third kappa shape index (κ3) is 3.87. The fraction of sp³-hybridized carbons (Fsp3) is 0.333. The molecular formula is C18H18F3NOS. The van der Waals surface area contributed by atoms with Gasteiger partial charge in [-0.2, -0.15) is 13.2 Å². The van der Waals surface area contributed by atoms with Crippen molar-refractivity contribution in [3.8, 4) is 0 Å². The summed E-state index contributed by atoms with van der Waals surface area (Å²) in [6.45, 7) is 4.43. The lowest BCUT2D eigenvalue weighted by molar-refractivity contribution is -0.137. The molecule has 0 radical (unpaired) electrons. The molecule has 6 heteroatoms. The van der Waals surface area contributed by atoms with Gasteiger partial charge < -0.3 is 10.1 Å². The van der Waals surface area contributed by atoms with Crippen molar-refractivity contribution in [1.29, 1.82) is 0 Å². The van der Waals surface area contributed by atoms with Crippen molar-refractivity contribution >= 4 is 17.4 Å². The van der Waals surface area contributed by atoms with E-state index in [-0.39, 0.29) is 12.0 Å². The Morgan fingerprint density at radius 1 is 1.12 bits per heavy atom. The number of alkyl halides is 3. The predicted octanol–water partition coefficient (Wildman–Crippen LogP) is 5.59. The van der Waals surface area contributed by atoms with Gasteiger partial charge in [0.15, 0.2) is 0 Å². The molecule has 2 nitrogen and oxygen atoms in total. The Balaban J connectivity index is 1.77. The van der Waals surface area contributed by atoms with Crippen LogP contribution in [0.2, 0.25) is 0 Å². The van der Waals surface area contributed by atoms with Crippen LogP contribution in [0.3, 0.4) is 0 Å². The quantitative estimate of drug-likeness (QED) is 0.774. The maximum atomic E-state index is 13.1. The van der Waals surface area contributed by atoms with Gasteiger partial charge in [-0.1, -0.05) is 41.6 Å².